The zero-order chi connectivity index (χ0) is 32.4. The van der Waals surface area contributed by atoms with Crippen LogP contribution in [0.15, 0.2) is 42.7 Å². The second kappa shape index (κ2) is 28.1. The van der Waals surface area contributed by atoms with Crippen LogP contribution in [0, 0.1) is 25.7 Å². The summed E-state index contributed by atoms with van der Waals surface area (Å²) < 4.78 is 26.9. The van der Waals surface area contributed by atoms with Gasteiger partial charge in [-0.25, -0.2) is 4.98 Å². The van der Waals surface area contributed by atoms with Crippen molar-refractivity contribution in [3.63, 3.8) is 0 Å². The smallest absolute Gasteiger partial charge is 0.284 e. The minimum Gasteiger partial charge on any atom is -0.321 e. The van der Waals surface area contributed by atoms with E-state index in [1.165, 1.54) is 52.6 Å². The van der Waals surface area contributed by atoms with E-state index in [2.05, 4.69) is 41.0 Å². The lowest BCUT2D eigenvalue weighted by molar-refractivity contribution is -0.106. The highest BCUT2D eigenvalue weighted by Crippen LogP contribution is 2.34. The van der Waals surface area contributed by atoms with Crippen LogP contribution in [0.2, 0.25) is 0 Å². The number of unbranched alkanes of at least 4 members (excludes halogenated alkanes) is 1. The maximum Gasteiger partial charge on any atom is 0.284 e. The lowest BCUT2D eigenvalue weighted by atomic mass is 10.1. The molecule has 3 rings (SSSR count). The topological polar surface area (TPSA) is 72.0 Å². The molecule has 2 heterocycles. The van der Waals surface area contributed by atoms with E-state index in [1.54, 1.807) is 18.3 Å². The van der Waals surface area contributed by atoms with Crippen LogP contribution >= 0.6 is 20.6 Å². The zero-order valence-electron chi connectivity index (χ0n) is 26.5. The van der Waals surface area contributed by atoms with Crippen LogP contribution in [-0.2, 0) is 10.5 Å². The Labute approximate surface area is 260 Å². The van der Waals surface area contributed by atoms with Crippen LogP contribution in [0.1, 0.15) is 120 Å². The Morgan fingerprint density at radius 2 is 1.55 bits per heavy atom. The summed E-state index contributed by atoms with van der Waals surface area (Å²) in [6.45, 7) is 21.6. The molecule has 2 aromatic heterocycles. The molecule has 0 aliphatic rings. The van der Waals surface area contributed by atoms with Gasteiger partial charge >= 0.3 is 0 Å². The molecule has 0 saturated carbocycles. The first-order chi connectivity index (χ1) is 19.5. The highest BCUT2D eigenvalue weighted by molar-refractivity contribution is 7.17. The third kappa shape index (κ3) is 20.0. The van der Waals surface area contributed by atoms with Crippen molar-refractivity contribution in [2.24, 2.45) is 0 Å². The molecule has 3 aromatic rings. The highest BCUT2D eigenvalue weighted by atomic mass is 32.1. The van der Waals surface area contributed by atoms with Crippen LogP contribution in [-0.4, -0.2) is 22.2 Å². The van der Waals surface area contributed by atoms with E-state index in [4.69, 9.17) is 4.79 Å². The first-order valence-corrected chi connectivity index (χ1v) is 15.3. The molecule has 0 aliphatic heterocycles. The summed E-state index contributed by atoms with van der Waals surface area (Å²) in [6.07, 6.45) is 6.29. The fourth-order valence-corrected chi connectivity index (χ4v) is 3.15. The number of benzene rings is 1. The van der Waals surface area contributed by atoms with Gasteiger partial charge in [0.15, 0.2) is 0 Å². The summed E-state index contributed by atoms with van der Waals surface area (Å²) in [4.78, 5) is 30.1. The minimum atomic E-state index is -3.13. The number of aldehydes is 1. The molecule has 236 valence electrons. The molecule has 0 saturated heterocycles. The van der Waals surface area contributed by atoms with Gasteiger partial charge in [0, 0.05) is 23.0 Å². The average molecular weight is 624 g/mol. The van der Waals surface area contributed by atoms with Crippen molar-refractivity contribution in [2.75, 3.05) is 5.32 Å². The van der Waals surface area contributed by atoms with E-state index >= 15 is 0 Å². The number of alkyl halides is 2. The van der Waals surface area contributed by atoms with Gasteiger partial charge in [-0.05, 0) is 56.5 Å². The van der Waals surface area contributed by atoms with E-state index < -0.39 is 11.6 Å². The largest absolute Gasteiger partial charge is 0.321 e. The van der Waals surface area contributed by atoms with Gasteiger partial charge < -0.3 is 10.1 Å². The fourth-order valence-electron chi connectivity index (χ4n) is 2.34. The van der Waals surface area contributed by atoms with Crippen molar-refractivity contribution in [2.45, 2.75) is 102 Å². The summed E-state index contributed by atoms with van der Waals surface area (Å²) in [5, 5.41) is 3.61. The molecule has 1 amide bonds. The SMILES string of the molecule is C.CC.CC.CC.CC=O.CCCC.Cc1ncc(C#Cc2cc(NC(=O)c3cc(C(F)(F)P)ccn3)ccc2C)s1. The molecule has 1 atom stereocenters. The molecule has 0 bridgehead atoms. The molecule has 0 aliphatic carbocycles. The van der Waals surface area contributed by atoms with Crippen molar-refractivity contribution < 1.29 is 18.4 Å². The highest BCUT2D eigenvalue weighted by Gasteiger charge is 2.25. The molecule has 1 aromatic carbocycles. The Balaban J connectivity index is -0.000000446. The number of thiazole rings is 1. The number of aryl methyl sites for hydroxylation is 2. The number of pyridine rings is 1. The van der Waals surface area contributed by atoms with Crippen molar-refractivity contribution in [1.82, 2.24) is 9.97 Å². The molecule has 9 heteroatoms. The molecule has 1 unspecified atom stereocenters. The second-order valence-electron chi connectivity index (χ2n) is 7.27. The molecule has 1 N–H and O–H groups in total. The molecule has 5 nitrogen and oxygen atoms in total. The van der Waals surface area contributed by atoms with Gasteiger partial charge in [0.2, 0.25) is 0 Å². The summed E-state index contributed by atoms with van der Waals surface area (Å²) in [7, 11) is 1.45. The van der Waals surface area contributed by atoms with E-state index in [0.29, 0.717) is 5.69 Å². The normalized spacial score (nSPS) is 8.71. The quantitative estimate of drug-likeness (QED) is 0.178. The van der Waals surface area contributed by atoms with Gasteiger partial charge in [-0.1, -0.05) is 96.9 Å². The number of hydrogen-bond acceptors (Lipinski definition) is 5. The van der Waals surface area contributed by atoms with E-state index in [1.807, 2.05) is 61.5 Å². The molecule has 0 fully saturated rings. The summed E-state index contributed by atoms with van der Waals surface area (Å²) in [6, 6.07) is 7.54. The van der Waals surface area contributed by atoms with Gasteiger partial charge in [0.25, 0.3) is 11.6 Å². The fraction of sp³-hybridized carbons (Fsp3) is 0.455. The number of anilines is 1. The number of rotatable bonds is 4. The second-order valence-corrected chi connectivity index (χ2v) is 9.23. The minimum absolute atomic E-state index is 0. The number of aromatic nitrogens is 2. The lowest BCUT2D eigenvalue weighted by Crippen LogP contribution is -2.15. The van der Waals surface area contributed by atoms with Gasteiger partial charge in [0.1, 0.15) is 12.0 Å². The van der Waals surface area contributed by atoms with Crippen molar-refractivity contribution in [3.05, 3.63) is 75.0 Å². The van der Waals surface area contributed by atoms with Crippen LogP contribution in [0.25, 0.3) is 0 Å². The number of carbonyl (C=O) groups is 2. The number of hydrogen-bond donors (Lipinski definition) is 1. The first-order valence-electron chi connectivity index (χ1n) is 13.9. The van der Waals surface area contributed by atoms with Crippen LogP contribution in [0.3, 0.4) is 0 Å². The third-order valence-corrected chi connectivity index (χ3v) is 5.48. The molecule has 0 radical (unpaired) electrons. The predicted octanol–water partition coefficient (Wildman–Crippen LogP) is 10.5. The number of halogens is 2. The third-order valence-electron chi connectivity index (χ3n) is 4.31. The molecule has 42 heavy (non-hydrogen) atoms. The maximum absolute atomic E-state index is 13.4. The van der Waals surface area contributed by atoms with E-state index in [9.17, 15) is 13.6 Å². The van der Waals surface area contributed by atoms with Crippen LogP contribution in [0.4, 0.5) is 14.5 Å². The standard InChI is InChI=1S/C20H16F2N3OPS.C4H10.C2H4O.3C2H6.CH4/c1-12-3-5-16(9-14(12)4-6-17-11-24-13(2)28-17)25-19(26)18-10-15(7-8-23-18)20(21,22)27;1-3-4-2;1-2-3;3*1-2;/h3,5,7-11H,27H2,1-2H3,(H,25,26);3-4H2,1-2H3;2H,1H3;3*1-2H3;1H4. The number of nitrogens with zero attached hydrogens (tertiary/aromatic N) is 2. The Kier molecular flexibility index (Phi) is 30.8. The summed E-state index contributed by atoms with van der Waals surface area (Å²) in [5.41, 5.74) is -1.30. The van der Waals surface area contributed by atoms with Crippen LogP contribution < -0.4 is 5.32 Å². The van der Waals surface area contributed by atoms with E-state index in [0.717, 1.165) is 33.4 Å². The van der Waals surface area contributed by atoms with Gasteiger partial charge in [-0.3, -0.25) is 9.78 Å². The maximum atomic E-state index is 13.4. The first kappa shape index (κ1) is 46.0. The lowest BCUT2D eigenvalue weighted by Gasteiger charge is -2.11. The Morgan fingerprint density at radius 1 is 1.00 bits per heavy atom. The molecule has 0 spiro atoms. The molecular weight excluding hydrogens is 571 g/mol. The number of carbonyl (C=O) groups excluding carboxylic acids is 2. The summed E-state index contributed by atoms with van der Waals surface area (Å²) >= 11 is 1.50. The van der Waals surface area contributed by atoms with Crippen molar-refractivity contribution in [1.29, 1.82) is 0 Å². The van der Waals surface area contributed by atoms with E-state index in [-0.39, 0.29) is 18.7 Å². The zero-order valence-corrected chi connectivity index (χ0v) is 28.5. The van der Waals surface area contributed by atoms with Gasteiger partial charge in [0.05, 0.1) is 16.1 Å². The number of amides is 1. The number of nitrogens with one attached hydrogen (secondary N) is 1. The Bertz CT molecular complexity index is 1180. The van der Waals surface area contributed by atoms with Crippen LogP contribution in [0.5, 0.6) is 0 Å². The van der Waals surface area contributed by atoms with Crippen molar-refractivity contribution >= 4 is 38.5 Å². The van der Waals surface area contributed by atoms with Crippen molar-refractivity contribution in [3.8, 4) is 11.8 Å². The monoisotopic (exact) mass is 623 g/mol. The van der Waals surface area contributed by atoms with Gasteiger partial charge in [-0.2, -0.15) is 8.78 Å². The van der Waals surface area contributed by atoms with Gasteiger partial charge in [-0.15, -0.1) is 11.3 Å². The Morgan fingerprint density at radius 3 is 2.00 bits per heavy atom. The predicted molar refractivity (Wildman–Crippen MR) is 183 cm³/mol. The Hall–Kier alpha value is -3.01. The average Bonchev–Trinajstić information content (AvgIpc) is 3.41. The molecular formula is C33H52F2N3O2PS. The summed E-state index contributed by atoms with van der Waals surface area (Å²) in [5.74, 6) is 5.56.